The Hall–Kier alpha value is -1.40. The first-order valence-electron chi connectivity index (χ1n) is 7.16. The highest BCUT2D eigenvalue weighted by Crippen LogP contribution is 2.26. The van der Waals surface area contributed by atoms with Crippen molar-refractivity contribution in [3.8, 4) is 0 Å². The van der Waals surface area contributed by atoms with E-state index in [1.165, 1.54) is 0 Å². The molecule has 0 aliphatic carbocycles. The van der Waals surface area contributed by atoms with E-state index in [9.17, 15) is 13.2 Å². The summed E-state index contributed by atoms with van der Waals surface area (Å²) in [4.78, 5) is 11.3. The second kappa shape index (κ2) is 6.15. The summed E-state index contributed by atoms with van der Waals surface area (Å²) in [6, 6.07) is 5.82. The van der Waals surface area contributed by atoms with Gasteiger partial charge in [0, 0.05) is 6.54 Å². The minimum absolute atomic E-state index is 0.170. The molecule has 0 radical (unpaired) electrons. The Morgan fingerprint density at radius 1 is 1.33 bits per heavy atom. The quantitative estimate of drug-likeness (QED) is 0.904. The second-order valence-corrected chi connectivity index (χ2v) is 7.74. The van der Waals surface area contributed by atoms with Gasteiger partial charge < -0.3 is 5.11 Å². The molecule has 0 amide bonds. The largest absolute Gasteiger partial charge is 0.480 e. The van der Waals surface area contributed by atoms with Crippen molar-refractivity contribution in [1.29, 1.82) is 0 Å². The number of benzene rings is 1. The molecule has 2 rings (SSSR count). The summed E-state index contributed by atoms with van der Waals surface area (Å²) in [6.07, 6.45) is 1.85. The van der Waals surface area contributed by atoms with Crippen molar-refractivity contribution in [2.45, 2.75) is 44.0 Å². The van der Waals surface area contributed by atoms with E-state index < -0.39 is 22.0 Å². The number of carboxylic acid groups (broad SMARTS) is 1. The molecule has 1 aromatic carbocycles. The van der Waals surface area contributed by atoms with Crippen LogP contribution in [0.15, 0.2) is 29.2 Å². The average Bonchev–Trinajstić information content (AvgIpc) is 2.88. The van der Waals surface area contributed by atoms with Crippen LogP contribution in [0.1, 0.15) is 32.3 Å². The van der Waals surface area contributed by atoms with Crippen LogP contribution in [0.3, 0.4) is 0 Å². The molecule has 1 fully saturated rings. The highest BCUT2D eigenvalue weighted by atomic mass is 32.2. The van der Waals surface area contributed by atoms with Crippen molar-refractivity contribution in [3.05, 3.63) is 29.8 Å². The van der Waals surface area contributed by atoms with Crippen LogP contribution >= 0.6 is 0 Å². The zero-order valence-corrected chi connectivity index (χ0v) is 13.1. The lowest BCUT2D eigenvalue weighted by Gasteiger charge is -2.21. The molecule has 0 bridgehead atoms. The molecule has 0 unspecified atom stereocenters. The van der Waals surface area contributed by atoms with Crippen molar-refractivity contribution in [3.63, 3.8) is 0 Å². The number of sulfonamides is 1. The molecular weight excluding hydrogens is 290 g/mol. The molecule has 5 nitrogen and oxygen atoms in total. The lowest BCUT2D eigenvalue weighted by Crippen LogP contribution is -2.40. The number of rotatable bonds is 5. The molecule has 1 aliphatic rings. The Balaban J connectivity index is 2.25. The molecule has 0 aromatic heterocycles. The lowest BCUT2D eigenvalue weighted by atomic mass is 10.0. The predicted molar refractivity (Wildman–Crippen MR) is 79.5 cm³/mol. The number of carboxylic acids is 1. The fourth-order valence-electron chi connectivity index (χ4n) is 2.68. The van der Waals surface area contributed by atoms with Gasteiger partial charge in [-0.05, 0) is 42.9 Å². The van der Waals surface area contributed by atoms with E-state index in [1.807, 2.05) is 0 Å². The van der Waals surface area contributed by atoms with Gasteiger partial charge in [0.05, 0.1) is 4.90 Å². The number of hydrogen-bond donors (Lipinski definition) is 1. The summed E-state index contributed by atoms with van der Waals surface area (Å²) < 4.78 is 26.2. The topological polar surface area (TPSA) is 74.7 Å². The molecular formula is C15H21NO4S. The third-order valence-corrected chi connectivity index (χ3v) is 5.59. The minimum atomic E-state index is -3.73. The van der Waals surface area contributed by atoms with Crippen molar-refractivity contribution in [2.24, 2.45) is 5.92 Å². The summed E-state index contributed by atoms with van der Waals surface area (Å²) in [6.45, 7) is 4.48. The maximum absolute atomic E-state index is 12.5. The van der Waals surface area contributed by atoms with E-state index in [1.54, 1.807) is 24.3 Å². The van der Waals surface area contributed by atoms with Gasteiger partial charge in [0.2, 0.25) is 10.0 Å². The highest BCUT2D eigenvalue weighted by Gasteiger charge is 2.39. The zero-order chi connectivity index (χ0) is 15.6. The van der Waals surface area contributed by atoms with Gasteiger partial charge in [-0.25, -0.2) is 8.42 Å². The van der Waals surface area contributed by atoms with Crippen molar-refractivity contribution >= 4 is 16.0 Å². The van der Waals surface area contributed by atoms with E-state index in [2.05, 4.69) is 13.8 Å². The summed E-state index contributed by atoms with van der Waals surface area (Å²) in [5.74, 6) is -0.574. The Bertz CT molecular complexity index is 607. The van der Waals surface area contributed by atoms with Gasteiger partial charge in [0.25, 0.3) is 0 Å². The first-order valence-corrected chi connectivity index (χ1v) is 8.60. The molecule has 1 aliphatic heterocycles. The highest BCUT2D eigenvalue weighted by molar-refractivity contribution is 7.89. The number of nitrogens with zero attached hydrogens (tertiary/aromatic N) is 1. The first kappa shape index (κ1) is 16.0. The van der Waals surface area contributed by atoms with Crippen molar-refractivity contribution in [1.82, 2.24) is 4.31 Å². The van der Waals surface area contributed by atoms with E-state index in [-0.39, 0.29) is 11.4 Å². The molecule has 21 heavy (non-hydrogen) atoms. The summed E-state index contributed by atoms with van der Waals surface area (Å²) >= 11 is 0. The van der Waals surface area contributed by atoms with Crippen LogP contribution in [0, 0.1) is 5.92 Å². The van der Waals surface area contributed by atoms with Gasteiger partial charge in [-0.1, -0.05) is 26.0 Å². The number of hydrogen-bond acceptors (Lipinski definition) is 3. The summed E-state index contributed by atoms with van der Waals surface area (Å²) in [5, 5.41) is 9.13. The third kappa shape index (κ3) is 3.44. The third-order valence-electron chi connectivity index (χ3n) is 3.66. The van der Waals surface area contributed by atoms with Crippen molar-refractivity contribution < 1.29 is 18.3 Å². The standard InChI is InChI=1S/C15H21NO4S/c1-11(2)10-12-5-7-13(8-6-12)21(19,20)16-9-3-4-14(16)15(17)18/h5-8,11,14H,3-4,9-10H2,1-2H3,(H,17,18)/t14-/m1/s1. The zero-order valence-electron chi connectivity index (χ0n) is 12.3. The van der Waals surface area contributed by atoms with Crippen LogP contribution in [-0.4, -0.2) is 36.4 Å². The molecule has 1 aromatic rings. The van der Waals surface area contributed by atoms with Crippen LogP contribution in [-0.2, 0) is 21.2 Å². The number of aliphatic carboxylic acids is 1. The van der Waals surface area contributed by atoms with Crippen LogP contribution in [0.25, 0.3) is 0 Å². The molecule has 0 spiro atoms. The fourth-order valence-corrected chi connectivity index (χ4v) is 4.33. The molecule has 1 atom stereocenters. The Morgan fingerprint density at radius 3 is 2.48 bits per heavy atom. The summed E-state index contributed by atoms with van der Waals surface area (Å²) in [5.41, 5.74) is 1.08. The predicted octanol–water partition coefficient (Wildman–Crippen LogP) is 2.12. The first-order chi connectivity index (χ1) is 9.82. The molecule has 1 N–H and O–H groups in total. The lowest BCUT2D eigenvalue weighted by molar-refractivity contribution is -0.140. The molecule has 1 heterocycles. The SMILES string of the molecule is CC(C)Cc1ccc(S(=O)(=O)N2CCC[C@@H]2C(=O)O)cc1. The number of carbonyl (C=O) groups is 1. The Morgan fingerprint density at radius 2 is 1.95 bits per heavy atom. The maximum Gasteiger partial charge on any atom is 0.322 e. The minimum Gasteiger partial charge on any atom is -0.480 e. The molecule has 6 heteroatoms. The van der Waals surface area contributed by atoms with Crippen LogP contribution < -0.4 is 0 Å². The molecule has 116 valence electrons. The van der Waals surface area contributed by atoms with E-state index in [0.29, 0.717) is 18.8 Å². The maximum atomic E-state index is 12.5. The van der Waals surface area contributed by atoms with Crippen LogP contribution in [0.5, 0.6) is 0 Å². The van der Waals surface area contributed by atoms with E-state index in [0.717, 1.165) is 16.3 Å². The molecule has 0 saturated carbocycles. The average molecular weight is 311 g/mol. The van der Waals surface area contributed by atoms with Crippen LogP contribution in [0.2, 0.25) is 0 Å². The molecule has 1 saturated heterocycles. The Labute approximate surface area is 125 Å². The monoisotopic (exact) mass is 311 g/mol. The Kier molecular flexibility index (Phi) is 4.68. The fraction of sp³-hybridized carbons (Fsp3) is 0.533. The second-order valence-electron chi connectivity index (χ2n) is 5.85. The van der Waals surface area contributed by atoms with Gasteiger partial charge in [-0.15, -0.1) is 0 Å². The van der Waals surface area contributed by atoms with Crippen molar-refractivity contribution in [2.75, 3.05) is 6.54 Å². The normalized spacial score (nSPS) is 20.0. The van der Waals surface area contributed by atoms with E-state index >= 15 is 0 Å². The smallest absolute Gasteiger partial charge is 0.322 e. The van der Waals surface area contributed by atoms with Crippen LogP contribution in [0.4, 0.5) is 0 Å². The summed E-state index contributed by atoms with van der Waals surface area (Å²) in [7, 11) is -3.73. The van der Waals surface area contributed by atoms with Gasteiger partial charge in [0.1, 0.15) is 6.04 Å². The van der Waals surface area contributed by atoms with E-state index in [4.69, 9.17) is 5.11 Å². The van der Waals surface area contributed by atoms with Gasteiger partial charge in [-0.3, -0.25) is 4.79 Å². The van der Waals surface area contributed by atoms with Gasteiger partial charge in [-0.2, -0.15) is 4.31 Å². The van der Waals surface area contributed by atoms with Gasteiger partial charge in [0.15, 0.2) is 0 Å². The van der Waals surface area contributed by atoms with Gasteiger partial charge >= 0.3 is 5.97 Å².